The Bertz CT molecular complexity index is 471. The highest BCUT2D eigenvalue weighted by Gasteiger charge is 2.29. The Morgan fingerprint density at radius 1 is 1.45 bits per heavy atom. The Morgan fingerprint density at radius 3 is 2.90 bits per heavy atom. The van der Waals surface area contributed by atoms with Crippen molar-refractivity contribution in [3.63, 3.8) is 0 Å². The van der Waals surface area contributed by atoms with Gasteiger partial charge in [0, 0.05) is 12.2 Å². The van der Waals surface area contributed by atoms with E-state index in [1.165, 1.54) is 30.4 Å². The monoisotopic (exact) mass is 274 g/mol. The zero-order valence-corrected chi connectivity index (χ0v) is 13.0. The maximum absolute atomic E-state index is 12.2. The first-order valence-corrected chi connectivity index (χ1v) is 7.76. The van der Waals surface area contributed by atoms with Crippen LogP contribution in [0.15, 0.2) is 34.6 Å². The molecule has 1 saturated heterocycles. The van der Waals surface area contributed by atoms with Crippen molar-refractivity contribution in [2.24, 2.45) is 0 Å². The average molecular weight is 274 g/mol. The van der Waals surface area contributed by atoms with E-state index in [0.29, 0.717) is 6.54 Å². The second-order valence-corrected chi connectivity index (χ2v) is 5.49. The van der Waals surface area contributed by atoms with E-state index < -0.39 is 0 Å². The van der Waals surface area contributed by atoms with E-state index in [1.807, 2.05) is 18.9 Å². The third-order valence-corrected chi connectivity index (χ3v) is 4.15. The predicted molar refractivity (Wildman–Crippen MR) is 83.3 cm³/mol. The van der Waals surface area contributed by atoms with Gasteiger partial charge in [0.2, 0.25) is 5.91 Å². The molecular weight excluding hydrogens is 248 g/mol. The minimum absolute atomic E-state index is 0.170. The van der Waals surface area contributed by atoms with E-state index in [9.17, 15) is 4.79 Å². The van der Waals surface area contributed by atoms with Crippen LogP contribution < -0.4 is 5.32 Å². The molecule has 0 aromatic carbocycles. The number of hydrogen-bond acceptors (Lipinski definition) is 2. The summed E-state index contributed by atoms with van der Waals surface area (Å²) in [5, 5.41) is 2.96. The first-order valence-electron chi connectivity index (χ1n) is 7.76. The molecule has 1 N–H and O–H groups in total. The van der Waals surface area contributed by atoms with Crippen molar-refractivity contribution < 1.29 is 4.79 Å². The first-order chi connectivity index (χ1) is 9.72. The zero-order valence-electron chi connectivity index (χ0n) is 13.0. The van der Waals surface area contributed by atoms with E-state index in [4.69, 9.17) is 0 Å². The lowest BCUT2D eigenvalue weighted by molar-refractivity contribution is -0.128. The second-order valence-electron chi connectivity index (χ2n) is 5.49. The van der Waals surface area contributed by atoms with Crippen LogP contribution in [-0.4, -0.2) is 30.9 Å². The van der Waals surface area contributed by atoms with Gasteiger partial charge in [0.15, 0.2) is 0 Å². The summed E-state index contributed by atoms with van der Waals surface area (Å²) < 4.78 is 0. The number of allylic oxidation sites excluding steroid dienone is 4. The van der Waals surface area contributed by atoms with Crippen molar-refractivity contribution in [1.29, 1.82) is 0 Å². The molecule has 1 fully saturated rings. The van der Waals surface area contributed by atoms with Crippen molar-refractivity contribution in [2.75, 3.05) is 20.1 Å². The van der Waals surface area contributed by atoms with Gasteiger partial charge in [-0.15, -0.1) is 0 Å². The highest BCUT2D eigenvalue weighted by molar-refractivity contribution is 5.82. The maximum atomic E-state index is 12.2. The zero-order chi connectivity index (χ0) is 14.5. The quantitative estimate of drug-likeness (QED) is 0.854. The third-order valence-electron chi connectivity index (χ3n) is 4.15. The van der Waals surface area contributed by atoms with E-state index in [-0.39, 0.29) is 5.91 Å². The van der Waals surface area contributed by atoms with Crippen molar-refractivity contribution in [3.05, 3.63) is 34.6 Å². The minimum atomic E-state index is 0.170. The fourth-order valence-electron chi connectivity index (χ4n) is 3.31. The highest BCUT2D eigenvalue weighted by Crippen LogP contribution is 2.39. The third kappa shape index (κ3) is 2.88. The Hall–Kier alpha value is -1.35. The van der Waals surface area contributed by atoms with Gasteiger partial charge in [-0.25, -0.2) is 0 Å². The lowest BCUT2D eigenvalue weighted by Crippen LogP contribution is -2.40. The van der Waals surface area contributed by atoms with Gasteiger partial charge in [-0.1, -0.05) is 31.1 Å². The number of carbonyl (C=O) groups is 1. The number of likely N-dealkylation sites (tertiary alicyclic amines) is 1. The maximum Gasteiger partial charge on any atom is 0.240 e. The molecule has 1 amide bonds. The van der Waals surface area contributed by atoms with Crippen molar-refractivity contribution in [2.45, 2.75) is 46.0 Å². The molecule has 110 valence electrons. The molecule has 2 aliphatic rings. The van der Waals surface area contributed by atoms with E-state index in [0.717, 1.165) is 25.1 Å². The molecule has 0 atom stereocenters. The van der Waals surface area contributed by atoms with Crippen LogP contribution in [0.1, 0.15) is 46.0 Å². The number of piperidine rings is 1. The Balaban J connectivity index is 2.29. The normalized spacial score (nSPS) is 21.1. The SMILES string of the molecule is C/C=C1/C2=CCCC(CCC)=C2CCN1C(=O)CNC. The number of fused-ring (bicyclic) bond motifs is 1. The topological polar surface area (TPSA) is 32.3 Å². The number of carbonyl (C=O) groups excluding carboxylic acids is 1. The average Bonchev–Trinajstić information content (AvgIpc) is 2.46. The lowest BCUT2D eigenvalue weighted by Gasteiger charge is -2.36. The van der Waals surface area contributed by atoms with Gasteiger partial charge in [-0.3, -0.25) is 4.79 Å². The summed E-state index contributed by atoms with van der Waals surface area (Å²) in [6.45, 7) is 5.51. The van der Waals surface area contributed by atoms with Crippen LogP contribution in [0.2, 0.25) is 0 Å². The number of nitrogens with zero attached hydrogens (tertiary/aromatic N) is 1. The van der Waals surface area contributed by atoms with E-state index >= 15 is 0 Å². The standard InChI is InChI=1S/C17H26N2O/c1-4-7-13-8-6-9-15-14(13)10-11-19(16(15)5-2)17(20)12-18-3/h5,9,18H,4,6-8,10-12H2,1-3H3/b16-5-. The minimum Gasteiger partial charge on any atom is -0.311 e. The molecule has 0 aromatic rings. The lowest BCUT2D eigenvalue weighted by atomic mass is 9.82. The second kappa shape index (κ2) is 6.89. The van der Waals surface area contributed by atoms with Gasteiger partial charge in [-0.05, 0) is 50.8 Å². The van der Waals surface area contributed by atoms with Crippen molar-refractivity contribution >= 4 is 5.91 Å². The van der Waals surface area contributed by atoms with Crippen LogP contribution in [0.25, 0.3) is 0 Å². The van der Waals surface area contributed by atoms with Crippen LogP contribution in [0.5, 0.6) is 0 Å². The van der Waals surface area contributed by atoms with Crippen LogP contribution in [0.3, 0.4) is 0 Å². The number of hydrogen-bond donors (Lipinski definition) is 1. The molecule has 3 heteroatoms. The van der Waals surface area contributed by atoms with Crippen LogP contribution >= 0.6 is 0 Å². The van der Waals surface area contributed by atoms with Gasteiger partial charge in [0.1, 0.15) is 0 Å². The molecule has 1 aliphatic carbocycles. The van der Waals surface area contributed by atoms with Gasteiger partial charge in [0.25, 0.3) is 0 Å². The molecule has 0 aromatic heterocycles. The van der Waals surface area contributed by atoms with Gasteiger partial charge in [-0.2, -0.15) is 0 Å². The highest BCUT2D eigenvalue weighted by atomic mass is 16.2. The molecule has 0 bridgehead atoms. The summed E-state index contributed by atoms with van der Waals surface area (Å²) in [5.74, 6) is 0.170. The summed E-state index contributed by atoms with van der Waals surface area (Å²) in [7, 11) is 1.82. The summed E-state index contributed by atoms with van der Waals surface area (Å²) in [4.78, 5) is 14.2. The van der Waals surface area contributed by atoms with Crippen LogP contribution in [-0.2, 0) is 4.79 Å². The molecule has 0 saturated carbocycles. The number of likely N-dealkylation sites (N-methyl/N-ethyl adjacent to an activating group) is 1. The van der Waals surface area contributed by atoms with Gasteiger partial charge in [0.05, 0.1) is 6.54 Å². The Morgan fingerprint density at radius 2 is 2.25 bits per heavy atom. The van der Waals surface area contributed by atoms with Crippen molar-refractivity contribution in [3.8, 4) is 0 Å². The Kier molecular flexibility index (Phi) is 5.18. The van der Waals surface area contributed by atoms with Gasteiger partial charge >= 0.3 is 0 Å². The summed E-state index contributed by atoms with van der Waals surface area (Å²) in [6, 6.07) is 0. The summed E-state index contributed by atoms with van der Waals surface area (Å²) in [6.07, 6.45) is 10.1. The predicted octanol–water partition coefficient (Wildman–Crippen LogP) is 3.16. The fraction of sp³-hybridized carbons (Fsp3) is 0.588. The molecule has 0 spiro atoms. The first kappa shape index (κ1) is 15.0. The molecule has 0 unspecified atom stereocenters. The summed E-state index contributed by atoms with van der Waals surface area (Å²) in [5.41, 5.74) is 5.56. The van der Waals surface area contributed by atoms with Crippen LogP contribution in [0.4, 0.5) is 0 Å². The number of rotatable bonds is 4. The van der Waals surface area contributed by atoms with E-state index in [2.05, 4.69) is 24.4 Å². The van der Waals surface area contributed by atoms with Crippen LogP contribution in [0, 0.1) is 0 Å². The molecule has 0 radical (unpaired) electrons. The molecule has 1 heterocycles. The molecule has 1 aliphatic heterocycles. The van der Waals surface area contributed by atoms with Crippen molar-refractivity contribution in [1.82, 2.24) is 10.2 Å². The number of nitrogens with one attached hydrogen (secondary N) is 1. The fourth-order valence-corrected chi connectivity index (χ4v) is 3.31. The smallest absolute Gasteiger partial charge is 0.240 e. The summed E-state index contributed by atoms with van der Waals surface area (Å²) >= 11 is 0. The largest absolute Gasteiger partial charge is 0.311 e. The Labute approximate surface area is 122 Å². The number of amides is 1. The van der Waals surface area contributed by atoms with E-state index in [1.54, 1.807) is 5.57 Å². The van der Waals surface area contributed by atoms with Gasteiger partial charge < -0.3 is 10.2 Å². The molecular formula is C17H26N2O. The molecule has 20 heavy (non-hydrogen) atoms. The molecule has 2 rings (SSSR count). The molecule has 3 nitrogen and oxygen atoms in total.